The van der Waals surface area contributed by atoms with Gasteiger partial charge in [-0.05, 0) is 38.1 Å². The molecule has 0 heterocycles. The molecule has 0 radical (unpaired) electrons. The van der Waals surface area contributed by atoms with Crippen LogP contribution in [-0.2, 0) is 16.0 Å². The van der Waals surface area contributed by atoms with Gasteiger partial charge in [0.05, 0.1) is 13.0 Å². The minimum absolute atomic E-state index is 0.000971. The summed E-state index contributed by atoms with van der Waals surface area (Å²) in [5, 5.41) is 0. The normalized spacial score (nSPS) is 10.7. The Kier molecular flexibility index (Phi) is 9.15. The Labute approximate surface area is 132 Å². The third-order valence-corrected chi connectivity index (χ3v) is 3.43. The minimum Gasteiger partial charge on any atom is -0.465 e. The molecule has 0 unspecified atom stereocenters. The van der Waals surface area contributed by atoms with E-state index in [9.17, 15) is 9.18 Å². The number of nitrogens with zero attached hydrogens (tertiary/aromatic N) is 1. The number of hydrogen-bond donors (Lipinski definition) is 0. The molecule has 0 saturated heterocycles. The Balaban J connectivity index is 2.04. The van der Waals surface area contributed by atoms with Gasteiger partial charge in [0.2, 0.25) is 0 Å². The van der Waals surface area contributed by atoms with Crippen molar-refractivity contribution in [1.82, 2.24) is 4.90 Å². The predicted molar refractivity (Wildman–Crippen MR) is 87.2 cm³/mol. The molecule has 22 heavy (non-hydrogen) atoms. The van der Waals surface area contributed by atoms with E-state index in [0.29, 0.717) is 12.2 Å². The van der Waals surface area contributed by atoms with Gasteiger partial charge in [-0.2, -0.15) is 0 Å². The molecule has 0 spiro atoms. The van der Waals surface area contributed by atoms with Crippen molar-refractivity contribution in [3.63, 3.8) is 0 Å². The molecule has 0 saturated carbocycles. The maximum Gasteiger partial charge on any atom is 0.310 e. The van der Waals surface area contributed by atoms with Gasteiger partial charge in [-0.25, -0.2) is 4.39 Å². The van der Waals surface area contributed by atoms with Gasteiger partial charge in [0, 0.05) is 6.54 Å². The maximum absolute atomic E-state index is 13.4. The summed E-state index contributed by atoms with van der Waals surface area (Å²) in [6.07, 6.45) is 6.04. The number of carbonyl (C=O) groups is 1. The van der Waals surface area contributed by atoms with E-state index >= 15 is 0 Å². The number of benzene rings is 1. The van der Waals surface area contributed by atoms with E-state index in [1.165, 1.54) is 6.07 Å². The van der Waals surface area contributed by atoms with Crippen LogP contribution < -0.4 is 0 Å². The van der Waals surface area contributed by atoms with Crippen LogP contribution in [0.4, 0.5) is 4.39 Å². The third kappa shape index (κ3) is 7.93. The standard InChI is InChI=1S/C18H26FNO2/c1-3-12-20(2)13-8-4-5-9-14-22-18(21)15-16-10-6-7-11-17(16)19/h3,6-7,10-11H,1,4-5,8-9,12-15H2,2H3. The molecule has 122 valence electrons. The first kappa shape index (κ1) is 18.4. The molecule has 1 aromatic carbocycles. The van der Waals surface area contributed by atoms with Gasteiger partial charge in [0.15, 0.2) is 0 Å². The largest absolute Gasteiger partial charge is 0.465 e. The number of likely N-dealkylation sites (N-methyl/N-ethyl adjacent to an activating group) is 1. The number of carbonyl (C=O) groups excluding carboxylic acids is 1. The van der Waals surface area contributed by atoms with Crippen molar-refractivity contribution in [3.8, 4) is 0 Å². The first-order chi connectivity index (χ1) is 10.6. The SMILES string of the molecule is C=CCN(C)CCCCCCOC(=O)Cc1ccccc1F. The van der Waals surface area contributed by atoms with E-state index < -0.39 is 0 Å². The first-order valence-corrected chi connectivity index (χ1v) is 7.82. The topological polar surface area (TPSA) is 29.5 Å². The lowest BCUT2D eigenvalue weighted by Crippen LogP contribution is -2.19. The van der Waals surface area contributed by atoms with Gasteiger partial charge in [-0.1, -0.05) is 37.1 Å². The van der Waals surface area contributed by atoms with Crippen molar-refractivity contribution in [1.29, 1.82) is 0 Å². The zero-order chi connectivity index (χ0) is 16.2. The van der Waals surface area contributed by atoms with Crippen LogP contribution in [0.2, 0.25) is 0 Å². The molecule has 0 aromatic heterocycles. The summed E-state index contributed by atoms with van der Waals surface area (Å²) in [4.78, 5) is 13.8. The average Bonchev–Trinajstić information content (AvgIpc) is 2.49. The summed E-state index contributed by atoms with van der Waals surface area (Å²) >= 11 is 0. The lowest BCUT2D eigenvalue weighted by Gasteiger charge is -2.13. The highest BCUT2D eigenvalue weighted by atomic mass is 19.1. The van der Waals surface area contributed by atoms with Crippen LogP contribution in [0.5, 0.6) is 0 Å². The number of unbranched alkanes of at least 4 members (excludes halogenated alkanes) is 3. The molecule has 0 aliphatic carbocycles. The summed E-state index contributed by atoms with van der Waals surface area (Å²) in [5.41, 5.74) is 0.387. The smallest absolute Gasteiger partial charge is 0.310 e. The van der Waals surface area contributed by atoms with Gasteiger partial charge in [0.25, 0.3) is 0 Å². The molecule has 3 nitrogen and oxygen atoms in total. The Hall–Kier alpha value is -1.68. The monoisotopic (exact) mass is 307 g/mol. The van der Waals surface area contributed by atoms with E-state index in [1.807, 2.05) is 6.08 Å². The van der Waals surface area contributed by atoms with Crippen molar-refractivity contribution < 1.29 is 13.9 Å². The van der Waals surface area contributed by atoms with Crippen molar-refractivity contribution in [3.05, 3.63) is 48.3 Å². The molecule has 0 aliphatic heterocycles. The van der Waals surface area contributed by atoms with Crippen LogP contribution in [-0.4, -0.2) is 37.6 Å². The second-order valence-corrected chi connectivity index (χ2v) is 5.45. The highest BCUT2D eigenvalue weighted by molar-refractivity contribution is 5.72. The molecule has 0 amide bonds. The van der Waals surface area contributed by atoms with Gasteiger partial charge < -0.3 is 9.64 Å². The number of esters is 1. The molecule has 0 N–H and O–H groups in total. The van der Waals surface area contributed by atoms with Crippen LogP contribution in [0.15, 0.2) is 36.9 Å². The van der Waals surface area contributed by atoms with Crippen molar-refractivity contribution in [2.75, 3.05) is 26.7 Å². The predicted octanol–water partition coefficient (Wildman–Crippen LogP) is 3.59. The highest BCUT2D eigenvalue weighted by Crippen LogP contribution is 2.08. The van der Waals surface area contributed by atoms with Crippen molar-refractivity contribution >= 4 is 5.97 Å². The summed E-state index contributed by atoms with van der Waals surface area (Å²) in [5.74, 6) is -0.723. The molecule has 0 fully saturated rings. The lowest BCUT2D eigenvalue weighted by molar-refractivity contribution is -0.143. The van der Waals surface area contributed by atoms with Crippen LogP contribution in [0.3, 0.4) is 0 Å². The van der Waals surface area contributed by atoms with Crippen LogP contribution in [0, 0.1) is 5.82 Å². The fraction of sp³-hybridized carbons (Fsp3) is 0.500. The summed E-state index contributed by atoms with van der Waals surface area (Å²) in [6.45, 7) is 6.09. The molecule has 0 atom stereocenters. The Morgan fingerprint density at radius 3 is 2.73 bits per heavy atom. The average molecular weight is 307 g/mol. The fourth-order valence-electron chi connectivity index (χ4n) is 2.18. The van der Waals surface area contributed by atoms with Crippen molar-refractivity contribution in [2.24, 2.45) is 0 Å². The second-order valence-electron chi connectivity index (χ2n) is 5.45. The van der Waals surface area contributed by atoms with E-state index in [2.05, 4.69) is 18.5 Å². The summed E-state index contributed by atoms with van der Waals surface area (Å²) in [7, 11) is 2.08. The van der Waals surface area contributed by atoms with Crippen molar-refractivity contribution in [2.45, 2.75) is 32.1 Å². The third-order valence-electron chi connectivity index (χ3n) is 3.43. The zero-order valence-electron chi connectivity index (χ0n) is 13.4. The quantitative estimate of drug-likeness (QED) is 0.355. The number of ether oxygens (including phenoxy) is 1. The van der Waals surface area contributed by atoms with E-state index in [4.69, 9.17) is 4.74 Å². The van der Waals surface area contributed by atoms with Gasteiger partial charge >= 0.3 is 5.97 Å². The molecular weight excluding hydrogens is 281 g/mol. The lowest BCUT2D eigenvalue weighted by atomic mass is 10.1. The summed E-state index contributed by atoms with van der Waals surface area (Å²) in [6, 6.07) is 6.29. The van der Waals surface area contributed by atoms with E-state index in [-0.39, 0.29) is 18.2 Å². The molecule has 4 heteroatoms. The maximum atomic E-state index is 13.4. The number of rotatable bonds is 11. The Morgan fingerprint density at radius 2 is 2.00 bits per heavy atom. The number of halogens is 1. The van der Waals surface area contributed by atoms with E-state index in [0.717, 1.165) is 38.8 Å². The second kappa shape index (κ2) is 11.0. The summed E-state index contributed by atoms with van der Waals surface area (Å²) < 4.78 is 18.5. The minimum atomic E-state index is -0.365. The Bertz CT molecular complexity index is 462. The molecule has 0 bridgehead atoms. The van der Waals surface area contributed by atoms with Crippen LogP contribution in [0.1, 0.15) is 31.2 Å². The highest BCUT2D eigenvalue weighted by Gasteiger charge is 2.08. The molecule has 1 rings (SSSR count). The number of hydrogen-bond acceptors (Lipinski definition) is 3. The first-order valence-electron chi connectivity index (χ1n) is 7.82. The van der Waals surface area contributed by atoms with Crippen LogP contribution >= 0.6 is 0 Å². The van der Waals surface area contributed by atoms with E-state index in [1.54, 1.807) is 18.2 Å². The van der Waals surface area contributed by atoms with Gasteiger partial charge in [0.1, 0.15) is 5.82 Å². The molecule has 0 aliphatic rings. The van der Waals surface area contributed by atoms with Gasteiger partial charge in [-0.15, -0.1) is 6.58 Å². The molecule has 1 aromatic rings. The zero-order valence-corrected chi connectivity index (χ0v) is 13.4. The Morgan fingerprint density at radius 1 is 1.27 bits per heavy atom. The van der Waals surface area contributed by atoms with Crippen LogP contribution in [0.25, 0.3) is 0 Å². The molecular formula is C18H26FNO2. The fourth-order valence-corrected chi connectivity index (χ4v) is 2.18. The van der Waals surface area contributed by atoms with Gasteiger partial charge in [-0.3, -0.25) is 4.79 Å².